The summed E-state index contributed by atoms with van der Waals surface area (Å²) in [5.74, 6) is 1.22. The molecule has 2 rings (SSSR count). The molecule has 1 aliphatic rings. The van der Waals surface area contributed by atoms with Gasteiger partial charge in [-0.3, -0.25) is 4.90 Å². The molecule has 0 saturated carbocycles. The van der Waals surface area contributed by atoms with Crippen molar-refractivity contribution < 1.29 is 0 Å². The Kier molecular flexibility index (Phi) is 4.62. The van der Waals surface area contributed by atoms with Gasteiger partial charge < -0.3 is 5.73 Å². The standard InChI is InChI=1S/C14H21BrN2S/c1-14(2)3-4-17(5-6-18-14)10-11-7-12(15)9-13(16)8-11/h7-9H,3-6,10,16H2,1-2H3. The fourth-order valence-corrected chi connectivity index (χ4v) is 3.94. The quantitative estimate of drug-likeness (QED) is 0.838. The molecule has 0 atom stereocenters. The first-order valence-electron chi connectivity index (χ1n) is 6.36. The van der Waals surface area contributed by atoms with Crippen LogP contribution in [0.1, 0.15) is 25.8 Å². The highest BCUT2D eigenvalue weighted by atomic mass is 79.9. The molecule has 0 unspecified atom stereocenters. The van der Waals surface area contributed by atoms with E-state index in [1.54, 1.807) is 0 Å². The number of anilines is 1. The Hall–Kier alpha value is -0.190. The molecule has 0 radical (unpaired) electrons. The van der Waals surface area contributed by atoms with Gasteiger partial charge in [0.1, 0.15) is 0 Å². The topological polar surface area (TPSA) is 29.3 Å². The van der Waals surface area contributed by atoms with E-state index in [0.717, 1.165) is 16.7 Å². The van der Waals surface area contributed by atoms with E-state index in [9.17, 15) is 0 Å². The minimum absolute atomic E-state index is 0.422. The molecule has 1 aliphatic heterocycles. The van der Waals surface area contributed by atoms with E-state index in [-0.39, 0.29) is 0 Å². The molecule has 1 heterocycles. The smallest absolute Gasteiger partial charge is 0.0328 e. The van der Waals surface area contributed by atoms with Gasteiger partial charge in [0.15, 0.2) is 0 Å². The summed E-state index contributed by atoms with van der Waals surface area (Å²) in [5, 5.41) is 0. The van der Waals surface area contributed by atoms with Crippen LogP contribution >= 0.6 is 27.7 Å². The lowest BCUT2D eigenvalue weighted by molar-refractivity contribution is 0.276. The van der Waals surface area contributed by atoms with Gasteiger partial charge in [-0.15, -0.1) is 0 Å². The van der Waals surface area contributed by atoms with Crippen LogP contribution in [-0.2, 0) is 6.54 Å². The molecule has 0 bridgehead atoms. The summed E-state index contributed by atoms with van der Waals surface area (Å²) < 4.78 is 1.49. The van der Waals surface area contributed by atoms with Crippen LogP contribution < -0.4 is 5.73 Å². The van der Waals surface area contributed by atoms with Gasteiger partial charge in [0.2, 0.25) is 0 Å². The lowest BCUT2D eigenvalue weighted by Gasteiger charge is -2.22. The Morgan fingerprint density at radius 3 is 2.83 bits per heavy atom. The number of rotatable bonds is 2. The number of benzene rings is 1. The SMILES string of the molecule is CC1(C)CCN(Cc2cc(N)cc(Br)c2)CCS1. The molecule has 4 heteroatoms. The first-order chi connectivity index (χ1) is 8.44. The first-order valence-corrected chi connectivity index (χ1v) is 8.14. The van der Waals surface area contributed by atoms with E-state index in [2.05, 4.69) is 58.6 Å². The minimum atomic E-state index is 0.422. The highest BCUT2D eigenvalue weighted by Crippen LogP contribution is 2.31. The average Bonchev–Trinajstić information content (AvgIpc) is 2.39. The molecule has 1 saturated heterocycles. The third-order valence-corrected chi connectivity index (χ3v) is 5.15. The van der Waals surface area contributed by atoms with Crippen LogP contribution in [0.25, 0.3) is 0 Å². The van der Waals surface area contributed by atoms with Crippen LogP contribution in [-0.4, -0.2) is 28.5 Å². The van der Waals surface area contributed by atoms with Gasteiger partial charge >= 0.3 is 0 Å². The highest BCUT2D eigenvalue weighted by Gasteiger charge is 2.23. The first kappa shape index (κ1) is 14.2. The molecular formula is C14H21BrN2S. The Bertz CT molecular complexity index is 400. The van der Waals surface area contributed by atoms with Crippen molar-refractivity contribution in [3.8, 4) is 0 Å². The van der Waals surface area contributed by atoms with Crippen molar-refractivity contribution in [2.45, 2.75) is 31.6 Å². The number of thioether (sulfide) groups is 1. The van der Waals surface area contributed by atoms with E-state index < -0.39 is 0 Å². The molecular weight excluding hydrogens is 308 g/mol. The maximum absolute atomic E-state index is 5.89. The molecule has 1 aromatic rings. The molecule has 0 spiro atoms. The van der Waals surface area contributed by atoms with E-state index in [1.165, 1.54) is 30.8 Å². The summed E-state index contributed by atoms with van der Waals surface area (Å²) in [6.07, 6.45) is 1.25. The third kappa shape index (κ3) is 4.18. The Morgan fingerprint density at radius 2 is 2.11 bits per heavy atom. The average molecular weight is 329 g/mol. The van der Waals surface area contributed by atoms with Gasteiger partial charge in [-0.2, -0.15) is 11.8 Å². The normalized spacial score (nSPS) is 20.6. The Labute approximate surface area is 122 Å². The fourth-order valence-electron chi connectivity index (χ4n) is 2.25. The van der Waals surface area contributed by atoms with Gasteiger partial charge in [0.05, 0.1) is 0 Å². The molecule has 1 fully saturated rings. The van der Waals surface area contributed by atoms with Crippen molar-refractivity contribution in [3.63, 3.8) is 0 Å². The van der Waals surface area contributed by atoms with E-state index >= 15 is 0 Å². The summed E-state index contributed by atoms with van der Waals surface area (Å²) in [4.78, 5) is 2.53. The zero-order valence-electron chi connectivity index (χ0n) is 11.1. The molecule has 2 nitrogen and oxygen atoms in total. The summed E-state index contributed by atoms with van der Waals surface area (Å²) in [6.45, 7) is 8.03. The molecule has 2 N–H and O–H groups in total. The van der Waals surface area contributed by atoms with Crippen LogP contribution in [0.15, 0.2) is 22.7 Å². The van der Waals surface area contributed by atoms with E-state index in [0.29, 0.717) is 4.75 Å². The van der Waals surface area contributed by atoms with Crippen LogP contribution in [0, 0.1) is 0 Å². The number of hydrogen-bond donors (Lipinski definition) is 1. The number of hydrogen-bond acceptors (Lipinski definition) is 3. The van der Waals surface area contributed by atoms with Gasteiger partial charge in [-0.25, -0.2) is 0 Å². The van der Waals surface area contributed by atoms with Crippen molar-refractivity contribution in [2.24, 2.45) is 0 Å². The van der Waals surface area contributed by atoms with Gasteiger partial charge in [0.25, 0.3) is 0 Å². The maximum atomic E-state index is 5.89. The van der Waals surface area contributed by atoms with Gasteiger partial charge in [0, 0.05) is 33.7 Å². The second kappa shape index (κ2) is 5.85. The molecule has 18 heavy (non-hydrogen) atoms. The van der Waals surface area contributed by atoms with Gasteiger partial charge in [-0.1, -0.05) is 29.8 Å². The van der Waals surface area contributed by atoms with Crippen LogP contribution in [0.2, 0.25) is 0 Å². The van der Waals surface area contributed by atoms with Crippen LogP contribution in [0.3, 0.4) is 0 Å². The molecule has 0 aliphatic carbocycles. The predicted octanol–water partition coefficient (Wildman–Crippen LogP) is 3.75. The molecule has 0 amide bonds. The maximum Gasteiger partial charge on any atom is 0.0328 e. The second-order valence-electron chi connectivity index (χ2n) is 5.53. The summed E-state index contributed by atoms with van der Waals surface area (Å²) >= 11 is 5.59. The zero-order chi connectivity index (χ0) is 13.2. The molecule has 1 aromatic carbocycles. The number of halogens is 1. The van der Waals surface area contributed by atoms with Crippen LogP contribution in [0.5, 0.6) is 0 Å². The van der Waals surface area contributed by atoms with Crippen molar-refractivity contribution in [1.82, 2.24) is 4.90 Å². The summed E-state index contributed by atoms with van der Waals surface area (Å²) in [5.41, 5.74) is 8.02. The van der Waals surface area contributed by atoms with Crippen molar-refractivity contribution in [2.75, 3.05) is 24.6 Å². The number of nitrogens with zero attached hydrogens (tertiary/aromatic N) is 1. The van der Waals surface area contributed by atoms with E-state index in [4.69, 9.17) is 5.73 Å². The summed E-state index contributed by atoms with van der Waals surface area (Å²) in [6, 6.07) is 6.19. The van der Waals surface area contributed by atoms with Gasteiger partial charge in [-0.05, 0) is 36.7 Å². The van der Waals surface area contributed by atoms with Crippen molar-refractivity contribution >= 4 is 33.4 Å². The Morgan fingerprint density at radius 1 is 1.33 bits per heavy atom. The number of nitrogen functional groups attached to an aromatic ring is 1. The zero-order valence-corrected chi connectivity index (χ0v) is 13.5. The highest BCUT2D eigenvalue weighted by molar-refractivity contribution is 9.10. The summed E-state index contributed by atoms with van der Waals surface area (Å²) in [7, 11) is 0. The van der Waals surface area contributed by atoms with Crippen molar-refractivity contribution in [3.05, 3.63) is 28.2 Å². The monoisotopic (exact) mass is 328 g/mol. The van der Waals surface area contributed by atoms with E-state index in [1.807, 2.05) is 6.07 Å². The van der Waals surface area contributed by atoms with Crippen molar-refractivity contribution in [1.29, 1.82) is 0 Å². The Balaban J connectivity index is 2.00. The predicted molar refractivity (Wildman–Crippen MR) is 85.0 cm³/mol. The molecule has 100 valence electrons. The lowest BCUT2D eigenvalue weighted by atomic mass is 10.1. The number of nitrogens with two attached hydrogens (primary N) is 1. The second-order valence-corrected chi connectivity index (χ2v) is 8.24. The van der Waals surface area contributed by atoms with Crippen LogP contribution in [0.4, 0.5) is 5.69 Å². The lowest BCUT2D eigenvalue weighted by Crippen LogP contribution is -2.26. The minimum Gasteiger partial charge on any atom is -0.399 e. The third-order valence-electron chi connectivity index (χ3n) is 3.32. The largest absolute Gasteiger partial charge is 0.399 e. The molecule has 0 aromatic heterocycles. The fraction of sp³-hybridized carbons (Fsp3) is 0.571.